The van der Waals surface area contributed by atoms with Gasteiger partial charge in [0.15, 0.2) is 0 Å². The molecule has 1 atom stereocenters. The minimum atomic E-state index is -2.67. The van der Waals surface area contributed by atoms with Crippen molar-refractivity contribution in [3.63, 3.8) is 0 Å². The maximum absolute atomic E-state index is 11.8. The second-order valence-electron chi connectivity index (χ2n) is 5.19. The summed E-state index contributed by atoms with van der Waals surface area (Å²) in [6.45, 7) is 1.77. The molecule has 1 heterocycles. The predicted molar refractivity (Wildman–Crippen MR) is 97.7 cm³/mol. The van der Waals surface area contributed by atoms with Crippen LogP contribution in [0.5, 0.6) is 5.75 Å². The fourth-order valence-corrected chi connectivity index (χ4v) is 4.61. The number of nitrogens with zero attached hydrogens (tertiary/aromatic N) is 1. The van der Waals surface area contributed by atoms with Crippen molar-refractivity contribution in [1.82, 2.24) is 0 Å². The Balaban J connectivity index is 2.17. The SMILES string of the molecule is Cc1c(N(c2ccc(C(=O)O)c(O)c2)S(=O)[O-])sc2ccc(Cl)cc12. The number of hydrogen-bond acceptors (Lipinski definition) is 5. The van der Waals surface area contributed by atoms with Crippen molar-refractivity contribution in [2.75, 3.05) is 4.31 Å². The van der Waals surface area contributed by atoms with Crippen LogP contribution in [-0.2, 0) is 11.3 Å². The number of rotatable bonds is 4. The van der Waals surface area contributed by atoms with Gasteiger partial charge in [-0.1, -0.05) is 11.6 Å². The Morgan fingerprint density at radius 1 is 1.28 bits per heavy atom. The Hall–Kier alpha value is -2.13. The number of fused-ring (bicyclic) bond motifs is 1. The summed E-state index contributed by atoms with van der Waals surface area (Å²) in [7, 11) is 0. The highest BCUT2D eigenvalue weighted by molar-refractivity contribution is 7.81. The summed E-state index contributed by atoms with van der Waals surface area (Å²) < 4.78 is 25.5. The average Bonchev–Trinajstić information content (AvgIpc) is 2.84. The lowest BCUT2D eigenvalue weighted by atomic mass is 10.1. The molecule has 25 heavy (non-hydrogen) atoms. The van der Waals surface area contributed by atoms with Crippen LogP contribution in [0.25, 0.3) is 10.1 Å². The van der Waals surface area contributed by atoms with E-state index in [9.17, 15) is 18.7 Å². The molecule has 0 aliphatic carbocycles. The molecule has 130 valence electrons. The van der Waals surface area contributed by atoms with Gasteiger partial charge >= 0.3 is 5.97 Å². The van der Waals surface area contributed by atoms with Gasteiger partial charge < -0.3 is 14.8 Å². The highest BCUT2D eigenvalue weighted by atomic mass is 35.5. The fourth-order valence-electron chi connectivity index (χ4n) is 2.47. The normalized spacial score (nSPS) is 12.3. The first-order valence-corrected chi connectivity index (χ1v) is 9.16. The Bertz CT molecular complexity index is 1020. The van der Waals surface area contributed by atoms with E-state index in [0.717, 1.165) is 26.5 Å². The second-order valence-corrected chi connectivity index (χ2v) is 7.46. The summed E-state index contributed by atoms with van der Waals surface area (Å²) in [5, 5.41) is 20.6. The number of thiophene rings is 1. The van der Waals surface area contributed by atoms with Gasteiger partial charge in [0.2, 0.25) is 0 Å². The molecule has 2 N–H and O–H groups in total. The van der Waals surface area contributed by atoms with Gasteiger partial charge in [-0.25, -0.2) is 4.79 Å². The van der Waals surface area contributed by atoms with Crippen LogP contribution in [-0.4, -0.2) is 24.9 Å². The van der Waals surface area contributed by atoms with Crippen LogP contribution in [0.1, 0.15) is 15.9 Å². The summed E-state index contributed by atoms with van der Waals surface area (Å²) in [6, 6.07) is 8.87. The largest absolute Gasteiger partial charge is 0.755 e. The van der Waals surface area contributed by atoms with Crippen molar-refractivity contribution in [2.45, 2.75) is 6.92 Å². The van der Waals surface area contributed by atoms with Crippen molar-refractivity contribution in [2.24, 2.45) is 0 Å². The van der Waals surface area contributed by atoms with Gasteiger partial charge in [-0.15, -0.1) is 11.3 Å². The van der Waals surface area contributed by atoms with Crippen molar-refractivity contribution in [3.8, 4) is 5.75 Å². The van der Waals surface area contributed by atoms with E-state index in [1.807, 2.05) is 0 Å². The summed E-state index contributed by atoms with van der Waals surface area (Å²) in [6.07, 6.45) is 0. The van der Waals surface area contributed by atoms with E-state index in [1.54, 1.807) is 25.1 Å². The molecule has 0 fully saturated rings. The van der Waals surface area contributed by atoms with Gasteiger partial charge in [0, 0.05) is 15.8 Å². The molecule has 0 aliphatic rings. The third-order valence-corrected chi connectivity index (χ3v) is 5.95. The van der Waals surface area contributed by atoms with Crippen LogP contribution >= 0.6 is 22.9 Å². The van der Waals surface area contributed by atoms with Gasteiger partial charge in [0.25, 0.3) is 0 Å². The van der Waals surface area contributed by atoms with Gasteiger partial charge in [-0.05, 0) is 48.2 Å². The van der Waals surface area contributed by atoms with Crippen LogP contribution in [0, 0.1) is 6.92 Å². The van der Waals surface area contributed by atoms with Crippen molar-refractivity contribution in [1.29, 1.82) is 0 Å². The molecule has 3 rings (SSSR count). The molecule has 9 heteroatoms. The molecular formula is C16H11ClNO5S2-. The van der Waals surface area contributed by atoms with Crippen LogP contribution in [0.3, 0.4) is 0 Å². The zero-order chi connectivity index (χ0) is 18.3. The molecule has 2 aromatic carbocycles. The number of anilines is 2. The van der Waals surface area contributed by atoms with Gasteiger partial charge in [0.1, 0.15) is 16.3 Å². The predicted octanol–water partition coefficient (Wildman–Crippen LogP) is 4.20. The number of carboxylic acids is 1. The molecule has 0 aliphatic heterocycles. The standard InChI is InChI=1S/C16H12ClNO5S2/c1-8-12-6-9(17)2-5-14(12)24-15(8)18(25(22)23)10-3-4-11(16(20)21)13(19)7-10/h2-7,19H,1H3,(H,20,21)(H,22,23)/p-1. The number of aromatic carboxylic acids is 1. The first-order valence-electron chi connectivity index (χ1n) is 6.94. The molecule has 1 aromatic heterocycles. The zero-order valence-corrected chi connectivity index (χ0v) is 15.1. The Kier molecular flexibility index (Phi) is 4.70. The highest BCUT2D eigenvalue weighted by Gasteiger charge is 2.20. The summed E-state index contributed by atoms with van der Waals surface area (Å²) in [4.78, 5) is 11.0. The number of carboxylic acid groups (broad SMARTS) is 1. The molecular weight excluding hydrogens is 386 g/mol. The second kappa shape index (κ2) is 6.64. The smallest absolute Gasteiger partial charge is 0.339 e. The van der Waals surface area contributed by atoms with Crippen LogP contribution in [0.15, 0.2) is 36.4 Å². The number of benzene rings is 2. The molecule has 0 radical (unpaired) electrons. The minimum absolute atomic E-state index is 0.136. The number of aromatic hydroxyl groups is 1. The van der Waals surface area contributed by atoms with E-state index in [-0.39, 0.29) is 11.3 Å². The molecule has 0 saturated carbocycles. The van der Waals surface area contributed by atoms with Crippen molar-refractivity contribution < 1.29 is 23.8 Å². The molecule has 0 bridgehead atoms. The number of aryl methyl sites for hydroxylation is 1. The maximum Gasteiger partial charge on any atom is 0.339 e. The number of carbonyl (C=O) groups is 1. The van der Waals surface area contributed by atoms with Crippen LogP contribution < -0.4 is 4.31 Å². The molecule has 6 nitrogen and oxygen atoms in total. The van der Waals surface area contributed by atoms with E-state index < -0.39 is 23.0 Å². The lowest BCUT2D eigenvalue weighted by molar-refractivity contribution is 0.0694. The molecule has 3 aromatic rings. The van der Waals surface area contributed by atoms with Gasteiger partial charge in [-0.3, -0.25) is 8.51 Å². The topological polar surface area (TPSA) is 101 Å². The van der Waals surface area contributed by atoms with Gasteiger partial charge in [-0.2, -0.15) is 0 Å². The molecule has 0 spiro atoms. The Morgan fingerprint density at radius 2 is 2.00 bits per heavy atom. The zero-order valence-electron chi connectivity index (χ0n) is 12.7. The van der Waals surface area contributed by atoms with E-state index in [0.29, 0.717) is 15.6 Å². The lowest BCUT2D eigenvalue weighted by Gasteiger charge is -2.26. The maximum atomic E-state index is 11.8. The Morgan fingerprint density at radius 3 is 2.60 bits per heavy atom. The monoisotopic (exact) mass is 396 g/mol. The summed E-state index contributed by atoms with van der Waals surface area (Å²) >= 11 is 4.59. The number of hydrogen-bond donors (Lipinski definition) is 2. The Labute approximate surface area is 154 Å². The first-order chi connectivity index (χ1) is 11.8. The summed E-state index contributed by atoms with van der Waals surface area (Å²) in [5.74, 6) is -1.81. The van der Waals surface area contributed by atoms with Crippen molar-refractivity contribution >= 4 is 60.9 Å². The quantitative estimate of drug-likeness (QED) is 0.643. The third-order valence-electron chi connectivity index (χ3n) is 3.65. The molecule has 1 unspecified atom stereocenters. The third kappa shape index (κ3) is 3.21. The van der Waals surface area contributed by atoms with E-state index in [1.165, 1.54) is 17.4 Å². The van der Waals surface area contributed by atoms with E-state index in [2.05, 4.69) is 0 Å². The van der Waals surface area contributed by atoms with E-state index in [4.69, 9.17) is 16.7 Å². The van der Waals surface area contributed by atoms with Gasteiger partial charge in [0.05, 0.1) is 17.0 Å². The number of halogens is 1. The first kappa shape index (κ1) is 17.7. The molecule has 0 amide bonds. The average molecular weight is 397 g/mol. The molecule has 0 saturated heterocycles. The number of phenols is 1. The summed E-state index contributed by atoms with van der Waals surface area (Å²) in [5.41, 5.74) is 0.547. The van der Waals surface area contributed by atoms with Crippen LogP contribution in [0.2, 0.25) is 5.02 Å². The van der Waals surface area contributed by atoms with E-state index >= 15 is 0 Å². The minimum Gasteiger partial charge on any atom is -0.755 e. The van der Waals surface area contributed by atoms with Crippen molar-refractivity contribution in [3.05, 3.63) is 52.5 Å². The van der Waals surface area contributed by atoms with Crippen LogP contribution in [0.4, 0.5) is 10.7 Å². The fraction of sp³-hybridized carbons (Fsp3) is 0.0625. The highest BCUT2D eigenvalue weighted by Crippen LogP contribution is 2.42. The lowest BCUT2D eigenvalue weighted by Crippen LogP contribution is -2.19.